The molecular weight excluding hydrogens is 278 g/mol. The van der Waals surface area contributed by atoms with Crippen LogP contribution in [-0.2, 0) is 16.0 Å². The van der Waals surface area contributed by atoms with Crippen LogP contribution in [0, 0.1) is 5.92 Å². The third-order valence-corrected chi connectivity index (χ3v) is 4.40. The highest BCUT2D eigenvalue weighted by Gasteiger charge is 2.30. The van der Waals surface area contributed by atoms with Gasteiger partial charge in [-0.1, -0.05) is 0 Å². The lowest BCUT2D eigenvalue weighted by Gasteiger charge is -2.11. The lowest BCUT2D eigenvalue weighted by atomic mass is 10.1. The summed E-state index contributed by atoms with van der Waals surface area (Å²) in [5, 5.41) is 13.8. The molecule has 1 fully saturated rings. The summed E-state index contributed by atoms with van der Waals surface area (Å²) < 4.78 is 1.89. The minimum Gasteiger partial charge on any atom is -0.481 e. The maximum absolute atomic E-state index is 11.9. The number of nitrogens with one attached hydrogen (secondary N) is 1. The maximum Gasteiger partial charge on any atom is 0.306 e. The van der Waals surface area contributed by atoms with Gasteiger partial charge < -0.3 is 10.4 Å². The molecule has 0 bridgehead atoms. The monoisotopic (exact) mass is 293 g/mol. The molecule has 1 amide bonds. The van der Waals surface area contributed by atoms with Gasteiger partial charge in [-0.25, -0.2) is 4.98 Å². The fourth-order valence-electron chi connectivity index (χ4n) is 2.64. The first kappa shape index (κ1) is 13.1. The Hall–Kier alpha value is -1.89. The molecule has 2 aromatic heterocycles. The zero-order valence-electron chi connectivity index (χ0n) is 10.8. The summed E-state index contributed by atoms with van der Waals surface area (Å²) >= 11 is 1.53. The Kier molecular flexibility index (Phi) is 3.43. The average molecular weight is 293 g/mol. The van der Waals surface area contributed by atoms with E-state index < -0.39 is 5.97 Å². The van der Waals surface area contributed by atoms with Gasteiger partial charge in [0.1, 0.15) is 0 Å². The first-order chi connectivity index (χ1) is 9.61. The molecule has 7 heteroatoms. The number of fused-ring (bicyclic) bond motifs is 1. The molecule has 1 aliphatic carbocycles. The summed E-state index contributed by atoms with van der Waals surface area (Å²) in [4.78, 5) is 28.0. The van der Waals surface area contributed by atoms with Crippen LogP contribution >= 0.6 is 11.3 Å². The molecule has 0 saturated heterocycles. The van der Waals surface area contributed by atoms with Crippen molar-refractivity contribution in [3.63, 3.8) is 0 Å². The fraction of sp³-hybridized carbons (Fsp3) is 0.462. The van der Waals surface area contributed by atoms with E-state index >= 15 is 0 Å². The van der Waals surface area contributed by atoms with E-state index in [0.29, 0.717) is 12.8 Å². The molecule has 3 rings (SSSR count). The maximum atomic E-state index is 11.9. The number of carboxylic acids is 1. The molecule has 106 valence electrons. The smallest absolute Gasteiger partial charge is 0.306 e. The molecule has 2 heterocycles. The van der Waals surface area contributed by atoms with E-state index in [1.54, 1.807) is 0 Å². The van der Waals surface area contributed by atoms with Crippen LogP contribution in [0.15, 0.2) is 17.8 Å². The lowest BCUT2D eigenvalue weighted by Crippen LogP contribution is -2.34. The zero-order chi connectivity index (χ0) is 14.1. The minimum absolute atomic E-state index is 0.0210. The van der Waals surface area contributed by atoms with Crippen molar-refractivity contribution in [3.05, 3.63) is 23.5 Å². The number of thiazole rings is 1. The highest BCUT2D eigenvalue weighted by molar-refractivity contribution is 7.15. The van der Waals surface area contributed by atoms with Crippen molar-refractivity contribution in [2.75, 3.05) is 0 Å². The Bertz CT molecular complexity index is 620. The Labute approximate surface area is 119 Å². The zero-order valence-corrected chi connectivity index (χ0v) is 11.6. The molecule has 0 radical (unpaired) electrons. The van der Waals surface area contributed by atoms with Crippen molar-refractivity contribution >= 4 is 28.2 Å². The number of rotatable bonds is 4. The predicted molar refractivity (Wildman–Crippen MR) is 73.7 cm³/mol. The van der Waals surface area contributed by atoms with Crippen molar-refractivity contribution in [2.24, 2.45) is 5.92 Å². The molecule has 1 saturated carbocycles. The normalized spacial score (nSPS) is 22.2. The molecule has 2 N–H and O–H groups in total. The number of aromatic nitrogens is 2. The number of carboxylic acid groups (broad SMARTS) is 1. The second-order valence-corrected chi connectivity index (χ2v) is 5.99. The summed E-state index contributed by atoms with van der Waals surface area (Å²) in [6, 6.07) is -0.0210. The first-order valence-corrected chi connectivity index (χ1v) is 7.43. The molecule has 1 aliphatic rings. The molecule has 2 atom stereocenters. The minimum atomic E-state index is -0.768. The molecule has 0 aromatic carbocycles. The summed E-state index contributed by atoms with van der Waals surface area (Å²) in [5.41, 5.74) is 0.738. The topological polar surface area (TPSA) is 83.7 Å². The van der Waals surface area contributed by atoms with E-state index in [9.17, 15) is 9.59 Å². The van der Waals surface area contributed by atoms with Gasteiger partial charge in [0, 0.05) is 23.8 Å². The predicted octanol–water partition coefficient (Wildman–Crippen LogP) is 1.31. The number of hydrogen-bond acceptors (Lipinski definition) is 4. The SMILES string of the molecule is O=C(Cc1cn2ccsc2n1)NC1CCC(C(=O)O)C1. The average Bonchev–Trinajstić information content (AvgIpc) is 3.03. The molecule has 2 unspecified atom stereocenters. The van der Waals surface area contributed by atoms with Crippen molar-refractivity contribution in [1.82, 2.24) is 14.7 Å². The molecule has 0 aliphatic heterocycles. The quantitative estimate of drug-likeness (QED) is 0.890. The van der Waals surface area contributed by atoms with Gasteiger partial charge >= 0.3 is 5.97 Å². The van der Waals surface area contributed by atoms with Crippen LogP contribution in [-0.4, -0.2) is 32.4 Å². The van der Waals surface area contributed by atoms with E-state index in [1.807, 2.05) is 22.2 Å². The molecule has 20 heavy (non-hydrogen) atoms. The van der Waals surface area contributed by atoms with Gasteiger partial charge in [0.15, 0.2) is 4.96 Å². The van der Waals surface area contributed by atoms with Crippen LogP contribution < -0.4 is 5.32 Å². The number of aliphatic carboxylic acids is 1. The number of amides is 1. The van der Waals surface area contributed by atoms with E-state index in [0.717, 1.165) is 17.1 Å². The number of carbonyl (C=O) groups excluding carboxylic acids is 1. The van der Waals surface area contributed by atoms with Gasteiger partial charge in [0.05, 0.1) is 18.0 Å². The molecular formula is C13H15N3O3S. The van der Waals surface area contributed by atoms with Crippen molar-refractivity contribution in [3.8, 4) is 0 Å². The third-order valence-electron chi connectivity index (χ3n) is 3.63. The van der Waals surface area contributed by atoms with Gasteiger partial charge in [-0.3, -0.25) is 14.0 Å². The molecule has 2 aromatic rings. The third kappa shape index (κ3) is 2.67. The summed E-state index contributed by atoms with van der Waals surface area (Å²) in [6.07, 6.45) is 5.90. The Morgan fingerprint density at radius 3 is 3.05 bits per heavy atom. The second kappa shape index (κ2) is 5.24. The highest BCUT2D eigenvalue weighted by atomic mass is 32.1. The van der Waals surface area contributed by atoms with Crippen LogP contribution in [0.25, 0.3) is 4.96 Å². The van der Waals surface area contributed by atoms with Gasteiger partial charge in [-0.05, 0) is 19.3 Å². The van der Waals surface area contributed by atoms with Crippen molar-refractivity contribution in [2.45, 2.75) is 31.7 Å². The number of imidazole rings is 1. The first-order valence-electron chi connectivity index (χ1n) is 6.55. The summed E-state index contributed by atoms with van der Waals surface area (Å²) in [6.45, 7) is 0. The Morgan fingerprint density at radius 2 is 2.35 bits per heavy atom. The Balaban J connectivity index is 1.55. The molecule has 6 nitrogen and oxygen atoms in total. The van der Waals surface area contributed by atoms with Crippen LogP contribution in [0.5, 0.6) is 0 Å². The number of hydrogen-bond donors (Lipinski definition) is 2. The van der Waals surface area contributed by atoms with E-state index in [1.165, 1.54) is 11.3 Å². The highest BCUT2D eigenvalue weighted by Crippen LogP contribution is 2.25. The van der Waals surface area contributed by atoms with E-state index in [4.69, 9.17) is 5.11 Å². The number of nitrogens with zero attached hydrogens (tertiary/aromatic N) is 2. The van der Waals surface area contributed by atoms with E-state index in [-0.39, 0.29) is 24.3 Å². The van der Waals surface area contributed by atoms with Gasteiger partial charge in [0.2, 0.25) is 5.91 Å². The van der Waals surface area contributed by atoms with Gasteiger partial charge in [-0.15, -0.1) is 11.3 Å². The second-order valence-electron chi connectivity index (χ2n) is 5.11. The van der Waals surface area contributed by atoms with Crippen molar-refractivity contribution < 1.29 is 14.7 Å². The van der Waals surface area contributed by atoms with Crippen LogP contribution in [0.3, 0.4) is 0 Å². The van der Waals surface area contributed by atoms with Gasteiger partial charge in [-0.2, -0.15) is 0 Å². The van der Waals surface area contributed by atoms with Crippen LogP contribution in [0.2, 0.25) is 0 Å². The summed E-state index contributed by atoms with van der Waals surface area (Å²) in [7, 11) is 0. The van der Waals surface area contributed by atoms with E-state index in [2.05, 4.69) is 10.3 Å². The lowest BCUT2D eigenvalue weighted by molar-refractivity contribution is -0.141. The fourth-order valence-corrected chi connectivity index (χ4v) is 3.36. The standard InChI is InChI=1S/C13H15N3O3S/c17-11(14-9-2-1-8(5-9)12(18)19)6-10-7-16-3-4-20-13(16)15-10/h3-4,7-9H,1-2,5-6H2,(H,14,17)(H,18,19). The van der Waals surface area contributed by atoms with Crippen LogP contribution in [0.1, 0.15) is 25.0 Å². The van der Waals surface area contributed by atoms with Crippen molar-refractivity contribution in [1.29, 1.82) is 0 Å². The largest absolute Gasteiger partial charge is 0.481 e. The summed E-state index contributed by atoms with van der Waals surface area (Å²) in [5.74, 6) is -1.18. The Morgan fingerprint density at radius 1 is 1.50 bits per heavy atom. The molecule has 0 spiro atoms. The van der Waals surface area contributed by atoms with Crippen LogP contribution in [0.4, 0.5) is 0 Å². The number of carbonyl (C=O) groups is 2. The van der Waals surface area contributed by atoms with Gasteiger partial charge in [0.25, 0.3) is 0 Å².